The number of nitrogens with zero attached hydrogens (tertiary/aromatic N) is 3. The summed E-state index contributed by atoms with van der Waals surface area (Å²) in [6, 6.07) is 13.2. The van der Waals surface area contributed by atoms with E-state index in [9.17, 15) is 10.1 Å². The van der Waals surface area contributed by atoms with Gasteiger partial charge in [-0.25, -0.2) is 0 Å². The number of benzene rings is 2. The molecule has 1 N–H and O–H groups in total. The molecule has 9 heteroatoms. The average molecular weight is 493 g/mol. The number of aromatic nitrogens is 2. The van der Waals surface area contributed by atoms with E-state index >= 15 is 0 Å². The largest absolute Gasteiger partial charge is 0.490 e. The molecule has 0 saturated heterocycles. The van der Waals surface area contributed by atoms with Gasteiger partial charge in [-0.3, -0.25) is 10.1 Å². The molecule has 3 aromatic rings. The first-order valence-electron chi connectivity index (χ1n) is 11.3. The third kappa shape index (κ3) is 7.55. The van der Waals surface area contributed by atoms with Crippen LogP contribution < -0.4 is 19.5 Å². The second-order valence-electron chi connectivity index (χ2n) is 7.64. The molecule has 0 unspecified atom stereocenters. The summed E-state index contributed by atoms with van der Waals surface area (Å²) in [5, 5.41) is 21.2. The molecule has 0 aliphatic heterocycles. The molecule has 0 aliphatic carbocycles. The first-order valence-corrected chi connectivity index (χ1v) is 12.1. The second kappa shape index (κ2) is 12.5. The monoisotopic (exact) mass is 492 g/mol. The van der Waals surface area contributed by atoms with Crippen LogP contribution in [0, 0.1) is 25.2 Å². The van der Waals surface area contributed by atoms with Gasteiger partial charge in [-0.15, -0.1) is 10.2 Å². The van der Waals surface area contributed by atoms with E-state index in [1.165, 1.54) is 17.4 Å². The number of hydrogen-bond donors (Lipinski definition) is 1. The lowest BCUT2D eigenvalue weighted by molar-refractivity contribution is -0.112. The van der Waals surface area contributed by atoms with Crippen LogP contribution in [0.15, 0.2) is 42.0 Å². The summed E-state index contributed by atoms with van der Waals surface area (Å²) in [5.41, 5.74) is 2.85. The number of ether oxygens (including phenoxy) is 3. The predicted octanol–water partition coefficient (Wildman–Crippen LogP) is 5.12. The van der Waals surface area contributed by atoms with Gasteiger partial charge in [-0.05, 0) is 74.2 Å². The minimum atomic E-state index is -0.548. The molecule has 0 atom stereocenters. The Morgan fingerprint density at radius 1 is 1.03 bits per heavy atom. The number of amides is 1. The van der Waals surface area contributed by atoms with Gasteiger partial charge in [-0.2, -0.15) is 5.26 Å². The van der Waals surface area contributed by atoms with Crippen molar-refractivity contribution in [2.24, 2.45) is 0 Å². The Hall–Kier alpha value is -3.90. The summed E-state index contributed by atoms with van der Waals surface area (Å²) < 4.78 is 17.4. The zero-order valence-corrected chi connectivity index (χ0v) is 21.1. The van der Waals surface area contributed by atoms with Crippen molar-refractivity contribution in [3.8, 4) is 23.3 Å². The van der Waals surface area contributed by atoms with Gasteiger partial charge >= 0.3 is 0 Å². The van der Waals surface area contributed by atoms with Crippen LogP contribution in [0.2, 0.25) is 0 Å². The first-order chi connectivity index (χ1) is 16.9. The minimum Gasteiger partial charge on any atom is -0.490 e. The number of carbonyl (C=O) groups is 1. The van der Waals surface area contributed by atoms with E-state index in [1.807, 2.05) is 45.9 Å². The van der Waals surface area contributed by atoms with Gasteiger partial charge in [0, 0.05) is 0 Å². The molecule has 182 valence electrons. The number of hydrogen-bond acceptors (Lipinski definition) is 8. The molecule has 1 heterocycles. The van der Waals surface area contributed by atoms with Gasteiger partial charge in [-0.1, -0.05) is 30.4 Å². The maximum Gasteiger partial charge on any atom is 0.268 e. The average Bonchev–Trinajstić information content (AvgIpc) is 3.28. The van der Waals surface area contributed by atoms with Crippen LogP contribution in [-0.2, 0) is 11.2 Å². The van der Waals surface area contributed by atoms with Gasteiger partial charge in [0.15, 0.2) is 11.5 Å². The molecule has 3 rings (SSSR count). The smallest absolute Gasteiger partial charge is 0.268 e. The Balaban J connectivity index is 1.66. The first kappa shape index (κ1) is 25.7. The van der Waals surface area contributed by atoms with Gasteiger partial charge in [0.05, 0.1) is 6.61 Å². The summed E-state index contributed by atoms with van der Waals surface area (Å²) >= 11 is 1.28. The van der Waals surface area contributed by atoms with Crippen LogP contribution in [0.1, 0.15) is 35.5 Å². The third-order valence-corrected chi connectivity index (χ3v) is 5.72. The summed E-state index contributed by atoms with van der Waals surface area (Å²) in [7, 11) is 0. The molecule has 1 aromatic heterocycles. The van der Waals surface area contributed by atoms with E-state index < -0.39 is 5.91 Å². The number of anilines is 1. The Labute approximate surface area is 209 Å². The number of rotatable bonds is 11. The maximum absolute atomic E-state index is 12.5. The third-order valence-electron chi connectivity index (χ3n) is 4.74. The molecule has 0 aliphatic rings. The van der Waals surface area contributed by atoms with Crippen molar-refractivity contribution in [2.75, 3.05) is 25.1 Å². The molecular weight excluding hydrogens is 464 g/mol. The zero-order chi connectivity index (χ0) is 25.2. The van der Waals surface area contributed by atoms with Crippen molar-refractivity contribution in [3.05, 3.63) is 63.7 Å². The van der Waals surface area contributed by atoms with Gasteiger partial charge in [0.25, 0.3) is 5.91 Å². The molecule has 2 aromatic carbocycles. The molecular formula is C26H28N4O4S. The maximum atomic E-state index is 12.5. The molecule has 1 amide bonds. The van der Waals surface area contributed by atoms with Gasteiger partial charge in [0.2, 0.25) is 5.13 Å². The van der Waals surface area contributed by atoms with Crippen LogP contribution >= 0.6 is 11.3 Å². The highest BCUT2D eigenvalue weighted by Crippen LogP contribution is 2.29. The van der Waals surface area contributed by atoms with E-state index in [4.69, 9.17) is 14.2 Å². The minimum absolute atomic E-state index is 0.0591. The predicted molar refractivity (Wildman–Crippen MR) is 136 cm³/mol. The van der Waals surface area contributed by atoms with E-state index in [-0.39, 0.29) is 5.57 Å². The van der Waals surface area contributed by atoms with Crippen molar-refractivity contribution >= 4 is 28.5 Å². The fraction of sp³-hybridized carbons (Fsp3) is 0.308. The van der Waals surface area contributed by atoms with E-state index in [0.29, 0.717) is 42.0 Å². The highest BCUT2D eigenvalue weighted by Gasteiger charge is 2.14. The Bertz CT molecular complexity index is 1230. The summed E-state index contributed by atoms with van der Waals surface area (Å²) in [6.45, 7) is 9.02. The Morgan fingerprint density at radius 2 is 1.77 bits per heavy atom. The summed E-state index contributed by atoms with van der Waals surface area (Å²) in [4.78, 5) is 12.5. The molecule has 0 fully saturated rings. The van der Waals surface area contributed by atoms with Crippen LogP contribution in [0.4, 0.5) is 5.13 Å². The van der Waals surface area contributed by atoms with Crippen LogP contribution in [0.5, 0.6) is 17.2 Å². The standard InChI is InChI=1S/C26H28N4O4S/c1-5-24-29-30-26(35-24)28-25(31)20(16-27)14-19-7-8-22(23(15-19)32-6-2)34-10-9-33-21-12-17(3)11-18(4)13-21/h7-8,11-15H,5-6,9-10H2,1-4H3,(H,28,30,31)/b20-14-. The topological polar surface area (TPSA) is 106 Å². The van der Waals surface area contributed by atoms with Crippen molar-refractivity contribution in [3.63, 3.8) is 0 Å². The summed E-state index contributed by atoms with van der Waals surface area (Å²) in [6.07, 6.45) is 2.22. The van der Waals surface area contributed by atoms with Crippen molar-refractivity contribution in [2.45, 2.75) is 34.1 Å². The van der Waals surface area contributed by atoms with Gasteiger partial charge < -0.3 is 14.2 Å². The van der Waals surface area contributed by atoms with Crippen molar-refractivity contribution < 1.29 is 19.0 Å². The van der Waals surface area contributed by atoms with Crippen LogP contribution in [0.3, 0.4) is 0 Å². The zero-order valence-electron chi connectivity index (χ0n) is 20.3. The van der Waals surface area contributed by atoms with Crippen LogP contribution in [-0.4, -0.2) is 35.9 Å². The SMILES string of the molecule is CCOc1cc(/C=C(/C#N)C(=O)Nc2nnc(CC)s2)ccc1OCCOc1cc(C)cc(C)c1. The van der Waals surface area contributed by atoms with E-state index in [0.717, 1.165) is 28.3 Å². The molecule has 0 saturated carbocycles. The lowest BCUT2D eigenvalue weighted by Gasteiger charge is -2.13. The Morgan fingerprint density at radius 3 is 2.43 bits per heavy atom. The number of aryl methyl sites for hydroxylation is 3. The molecule has 8 nitrogen and oxygen atoms in total. The van der Waals surface area contributed by atoms with Gasteiger partial charge in [0.1, 0.15) is 35.6 Å². The number of nitrogens with one attached hydrogen (secondary N) is 1. The Kier molecular flexibility index (Phi) is 9.21. The molecule has 35 heavy (non-hydrogen) atoms. The van der Waals surface area contributed by atoms with Crippen molar-refractivity contribution in [1.82, 2.24) is 10.2 Å². The highest BCUT2D eigenvalue weighted by atomic mass is 32.1. The van der Waals surface area contributed by atoms with E-state index in [2.05, 4.69) is 21.6 Å². The number of carbonyl (C=O) groups excluding carboxylic acids is 1. The summed E-state index contributed by atoms with van der Waals surface area (Å²) in [5.74, 6) is 1.32. The quantitative estimate of drug-likeness (QED) is 0.225. The highest BCUT2D eigenvalue weighted by molar-refractivity contribution is 7.15. The fourth-order valence-corrected chi connectivity index (χ4v) is 3.93. The lowest BCUT2D eigenvalue weighted by Crippen LogP contribution is -2.13. The molecule has 0 bridgehead atoms. The second-order valence-corrected chi connectivity index (χ2v) is 8.70. The fourth-order valence-electron chi connectivity index (χ4n) is 3.26. The molecule has 0 radical (unpaired) electrons. The van der Waals surface area contributed by atoms with Crippen molar-refractivity contribution in [1.29, 1.82) is 5.26 Å². The number of nitriles is 1. The van der Waals surface area contributed by atoms with Crippen LogP contribution in [0.25, 0.3) is 6.08 Å². The van der Waals surface area contributed by atoms with E-state index in [1.54, 1.807) is 18.2 Å². The molecule has 0 spiro atoms. The normalized spacial score (nSPS) is 11.0. The lowest BCUT2D eigenvalue weighted by atomic mass is 10.1.